The molecule has 1 aliphatic heterocycles. The molecule has 5 nitrogen and oxygen atoms in total. The zero-order valence-corrected chi connectivity index (χ0v) is 16.2. The van der Waals surface area contributed by atoms with Crippen molar-refractivity contribution in [2.75, 3.05) is 33.3 Å². The lowest BCUT2D eigenvalue weighted by atomic mass is 10.1. The van der Waals surface area contributed by atoms with E-state index in [1.54, 1.807) is 11.5 Å². The number of aromatic nitrogens is 2. The summed E-state index contributed by atoms with van der Waals surface area (Å²) in [5.74, 6) is 0.719. The average molecular weight is 404 g/mol. The molecule has 4 rings (SSSR count). The predicted octanol–water partition coefficient (Wildman–Crippen LogP) is 3.82. The molecule has 1 aliphatic rings. The molecule has 1 N–H and O–H groups in total. The first-order valence-electron chi connectivity index (χ1n) is 9.61. The van der Waals surface area contributed by atoms with Gasteiger partial charge < -0.3 is 14.5 Å². The largest absolute Gasteiger partial charge is 0.497 e. The molecule has 0 bridgehead atoms. The van der Waals surface area contributed by atoms with Crippen molar-refractivity contribution < 1.29 is 17.9 Å². The molecule has 3 heterocycles. The van der Waals surface area contributed by atoms with Gasteiger partial charge in [-0.25, -0.2) is 4.98 Å². The number of imidazole rings is 1. The maximum Gasteiger partial charge on any atom is 0.417 e. The third-order valence-corrected chi connectivity index (χ3v) is 5.21. The Morgan fingerprint density at radius 1 is 1.07 bits per heavy atom. The quantitative estimate of drug-likeness (QED) is 0.718. The zero-order valence-electron chi connectivity index (χ0n) is 16.2. The van der Waals surface area contributed by atoms with Crippen molar-refractivity contribution in [3.63, 3.8) is 0 Å². The van der Waals surface area contributed by atoms with Crippen LogP contribution in [0.2, 0.25) is 0 Å². The molecule has 3 aromatic rings. The highest BCUT2D eigenvalue weighted by molar-refractivity contribution is 5.67. The number of pyridine rings is 1. The monoisotopic (exact) mass is 404 g/mol. The number of nitrogens with one attached hydrogen (secondary N) is 1. The normalized spacial score (nSPS) is 16.1. The number of fused-ring (bicyclic) bond motifs is 1. The molecule has 1 fully saturated rings. The molecular formula is C21H23F3N4O. The summed E-state index contributed by atoms with van der Waals surface area (Å²) in [6, 6.07) is 9.96. The first-order chi connectivity index (χ1) is 14.0. The first-order valence-corrected chi connectivity index (χ1v) is 9.61. The van der Waals surface area contributed by atoms with Gasteiger partial charge in [-0.05, 0) is 55.9 Å². The van der Waals surface area contributed by atoms with Crippen LogP contribution in [0.15, 0.2) is 42.6 Å². The third-order valence-electron chi connectivity index (χ3n) is 5.21. The van der Waals surface area contributed by atoms with Crippen molar-refractivity contribution in [1.29, 1.82) is 0 Å². The highest BCUT2D eigenvalue weighted by atomic mass is 19.4. The van der Waals surface area contributed by atoms with Crippen LogP contribution in [0.3, 0.4) is 0 Å². The fourth-order valence-corrected chi connectivity index (χ4v) is 3.66. The number of hydrogen-bond acceptors (Lipinski definition) is 4. The Bertz CT molecular complexity index is 974. The Morgan fingerprint density at radius 3 is 2.59 bits per heavy atom. The van der Waals surface area contributed by atoms with Gasteiger partial charge in [-0.1, -0.05) is 0 Å². The Kier molecular flexibility index (Phi) is 5.47. The Morgan fingerprint density at radius 2 is 1.86 bits per heavy atom. The summed E-state index contributed by atoms with van der Waals surface area (Å²) >= 11 is 0. The second kappa shape index (κ2) is 8.04. The van der Waals surface area contributed by atoms with Crippen molar-refractivity contribution in [3.8, 4) is 17.0 Å². The molecule has 2 aromatic heterocycles. The first kappa shape index (κ1) is 19.7. The van der Waals surface area contributed by atoms with Crippen LogP contribution in [0, 0.1) is 0 Å². The van der Waals surface area contributed by atoms with Gasteiger partial charge in [0.1, 0.15) is 11.4 Å². The van der Waals surface area contributed by atoms with Crippen LogP contribution in [-0.2, 0) is 12.7 Å². The van der Waals surface area contributed by atoms with Gasteiger partial charge in [-0.3, -0.25) is 4.90 Å². The molecule has 1 aromatic carbocycles. The molecule has 0 radical (unpaired) electrons. The van der Waals surface area contributed by atoms with Crippen molar-refractivity contribution >= 4 is 5.65 Å². The van der Waals surface area contributed by atoms with Gasteiger partial charge in [0.05, 0.1) is 24.1 Å². The topological polar surface area (TPSA) is 41.8 Å². The minimum Gasteiger partial charge on any atom is -0.497 e. The van der Waals surface area contributed by atoms with Gasteiger partial charge in [-0.2, -0.15) is 13.2 Å². The molecule has 0 atom stereocenters. The number of nitrogens with zero attached hydrogens (tertiary/aromatic N) is 3. The number of halogens is 3. The predicted molar refractivity (Wildman–Crippen MR) is 105 cm³/mol. The molecule has 0 saturated carbocycles. The lowest BCUT2D eigenvalue weighted by molar-refractivity contribution is -0.137. The minimum atomic E-state index is -4.40. The smallest absolute Gasteiger partial charge is 0.417 e. The van der Waals surface area contributed by atoms with Crippen LogP contribution in [0.4, 0.5) is 13.2 Å². The second-order valence-electron chi connectivity index (χ2n) is 7.16. The highest BCUT2D eigenvalue weighted by Gasteiger charge is 2.31. The van der Waals surface area contributed by atoms with Crippen molar-refractivity contribution in [2.24, 2.45) is 0 Å². The van der Waals surface area contributed by atoms with Crippen molar-refractivity contribution in [3.05, 3.63) is 53.9 Å². The van der Waals surface area contributed by atoms with Crippen LogP contribution in [0.25, 0.3) is 16.9 Å². The van der Waals surface area contributed by atoms with Crippen molar-refractivity contribution in [1.82, 2.24) is 19.6 Å². The Labute approximate surface area is 167 Å². The lowest BCUT2D eigenvalue weighted by Crippen LogP contribution is -2.28. The summed E-state index contributed by atoms with van der Waals surface area (Å²) in [7, 11) is 1.59. The highest BCUT2D eigenvalue weighted by Crippen LogP contribution is 2.32. The van der Waals surface area contributed by atoms with E-state index >= 15 is 0 Å². The number of rotatable bonds is 4. The molecule has 0 spiro atoms. The molecule has 154 valence electrons. The van der Waals surface area contributed by atoms with Crippen LogP contribution in [0.5, 0.6) is 5.75 Å². The maximum absolute atomic E-state index is 13.3. The summed E-state index contributed by atoms with van der Waals surface area (Å²) in [5, 5.41) is 3.36. The second-order valence-corrected chi connectivity index (χ2v) is 7.16. The van der Waals surface area contributed by atoms with Crippen LogP contribution in [0.1, 0.15) is 17.7 Å². The van der Waals surface area contributed by atoms with E-state index in [1.165, 1.54) is 6.07 Å². The van der Waals surface area contributed by atoms with Gasteiger partial charge in [0, 0.05) is 31.4 Å². The molecule has 29 heavy (non-hydrogen) atoms. The number of hydrogen-bond donors (Lipinski definition) is 1. The minimum absolute atomic E-state index is 0.506. The third kappa shape index (κ3) is 4.23. The van der Waals surface area contributed by atoms with E-state index in [1.807, 2.05) is 24.3 Å². The molecule has 0 unspecified atom stereocenters. The van der Waals surface area contributed by atoms with Gasteiger partial charge in [0.2, 0.25) is 0 Å². The van der Waals surface area contributed by atoms with Gasteiger partial charge in [0.25, 0.3) is 0 Å². The SMILES string of the molecule is COc1ccc(-c2nc3ccc(C(F)(F)F)cn3c2CN2CCCNCC2)cc1. The van der Waals surface area contributed by atoms with E-state index in [4.69, 9.17) is 4.74 Å². The van der Waals surface area contributed by atoms with Gasteiger partial charge >= 0.3 is 6.18 Å². The molecule has 8 heteroatoms. The maximum atomic E-state index is 13.3. The van der Waals surface area contributed by atoms with Crippen LogP contribution in [-0.4, -0.2) is 47.6 Å². The van der Waals surface area contributed by atoms with E-state index in [2.05, 4.69) is 15.2 Å². The summed E-state index contributed by atoms with van der Waals surface area (Å²) < 4.78 is 46.7. The van der Waals surface area contributed by atoms with Gasteiger partial charge in [0.15, 0.2) is 0 Å². The Balaban J connectivity index is 1.81. The zero-order chi connectivity index (χ0) is 20.4. The van der Waals surface area contributed by atoms with E-state index in [-0.39, 0.29) is 0 Å². The van der Waals surface area contributed by atoms with Gasteiger partial charge in [-0.15, -0.1) is 0 Å². The fourth-order valence-electron chi connectivity index (χ4n) is 3.66. The summed E-state index contributed by atoms with van der Waals surface area (Å²) in [5.41, 5.74) is 2.14. The summed E-state index contributed by atoms with van der Waals surface area (Å²) in [4.78, 5) is 6.92. The van der Waals surface area contributed by atoms with Crippen molar-refractivity contribution in [2.45, 2.75) is 19.1 Å². The average Bonchev–Trinajstić information content (AvgIpc) is 2.87. The summed E-state index contributed by atoms with van der Waals surface area (Å²) in [6.07, 6.45) is -2.24. The van der Waals surface area contributed by atoms with E-state index in [0.29, 0.717) is 17.9 Å². The van der Waals surface area contributed by atoms with Crippen LogP contribution >= 0.6 is 0 Å². The van der Waals surface area contributed by atoms with E-state index in [9.17, 15) is 13.2 Å². The Hall–Kier alpha value is -2.58. The molecule has 0 amide bonds. The number of alkyl halides is 3. The van der Waals surface area contributed by atoms with E-state index in [0.717, 1.165) is 61.9 Å². The lowest BCUT2D eigenvalue weighted by Gasteiger charge is -2.20. The van der Waals surface area contributed by atoms with E-state index < -0.39 is 11.7 Å². The summed E-state index contributed by atoms with van der Waals surface area (Å²) in [6.45, 7) is 4.08. The number of ether oxygens (including phenoxy) is 1. The fraction of sp³-hybridized carbons (Fsp3) is 0.381. The van der Waals surface area contributed by atoms with Crippen LogP contribution < -0.4 is 10.1 Å². The molecular weight excluding hydrogens is 381 g/mol. The number of benzene rings is 1. The number of methoxy groups -OCH3 is 1. The standard InChI is InChI=1S/C21H23F3N4O/c1-29-17-6-3-15(4-7-17)20-18(14-27-11-2-9-25-10-12-27)28-13-16(21(22,23)24)5-8-19(28)26-20/h3-8,13,25H,2,9-12,14H2,1H3. The molecule has 1 saturated heterocycles. The molecule has 0 aliphatic carbocycles.